The number of hydrogen-bond acceptors (Lipinski definition) is 3. The summed E-state index contributed by atoms with van der Waals surface area (Å²) in [6.07, 6.45) is 7.79. The van der Waals surface area contributed by atoms with E-state index in [1.807, 2.05) is 0 Å². The fourth-order valence-electron chi connectivity index (χ4n) is 6.18. The van der Waals surface area contributed by atoms with Crippen LogP contribution in [0.3, 0.4) is 0 Å². The maximum Gasteiger partial charge on any atom is 0.251 e. The van der Waals surface area contributed by atoms with Gasteiger partial charge in [0.25, 0.3) is 5.91 Å². The van der Waals surface area contributed by atoms with Crippen molar-refractivity contribution < 1.29 is 13.2 Å². The standard InChI is InChI=1S/C21H29BrN2O3S/c1-13(21-10-14-6-15(11-21)8-16(7-14)12-21)23-20(25)17-4-5-18(22)19(9-17)28(26,27)24(2)3/h4-5,9,13-16H,6-8,10-12H2,1-3H3,(H,23,25)/t13-,14?,15?,16?,21?/m1/s1. The summed E-state index contributed by atoms with van der Waals surface area (Å²) in [6.45, 7) is 2.14. The average Bonchev–Trinajstić information content (AvgIpc) is 2.60. The fraction of sp³-hybridized carbons (Fsp3) is 0.667. The molecular weight excluding hydrogens is 440 g/mol. The first-order valence-electron chi connectivity index (χ1n) is 10.1. The molecule has 28 heavy (non-hydrogen) atoms. The van der Waals surface area contributed by atoms with Crippen LogP contribution in [0.5, 0.6) is 0 Å². The van der Waals surface area contributed by atoms with E-state index in [4.69, 9.17) is 0 Å². The predicted molar refractivity (Wildman–Crippen MR) is 113 cm³/mol. The van der Waals surface area contributed by atoms with Gasteiger partial charge in [0.15, 0.2) is 0 Å². The molecule has 4 bridgehead atoms. The van der Waals surface area contributed by atoms with E-state index in [2.05, 4.69) is 28.2 Å². The Kier molecular flexibility index (Phi) is 5.16. The number of rotatable bonds is 5. The van der Waals surface area contributed by atoms with Gasteiger partial charge in [-0.25, -0.2) is 12.7 Å². The third-order valence-electron chi connectivity index (χ3n) is 7.30. The van der Waals surface area contributed by atoms with Crippen molar-refractivity contribution in [2.24, 2.45) is 23.2 Å². The molecule has 4 aliphatic rings. The first-order valence-corrected chi connectivity index (χ1v) is 12.4. The lowest BCUT2D eigenvalue weighted by molar-refractivity contribution is -0.0688. The van der Waals surface area contributed by atoms with Crippen molar-refractivity contribution in [2.45, 2.75) is 56.4 Å². The first-order chi connectivity index (χ1) is 13.1. The summed E-state index contributed by atoms with van der Waals surface area (Å²) >= 11 is 3.30. The molecule has 0 saturated heterocycles. The molecule has 1 amide bonds. The van der Waals surface area contributed by atoms with E-state index in [0.717, 1.165) is 22.1 Å². The summed E-state index contributed by atoms with van der Waals surface area (Å²) in [7, 11) is -0.643. The third kappa shape index (κ3) is 3.43. The van der Waals surface area contributed by atoms with E-state index in [9.17, 15) is 13.2 Å². The SMILES string of the molecule is C[C@@H](NC(=O)c1ccc(Br)c(S(=O)(=O)N(C)C)c1)C12CC3CC(CC(C3)C1)C2. The third-order valence-corrected chi connectivity index (χ3v) is 10.1. The van der Waals surface area contributed by atoms with Crippen LogP contribution in [0, 0.1) is 23.2 Å². The Morgan fingerprint density at radius 3 is 2.18 bits per heavy atom. The van der Waals surface area contributed by atoms with E-state index >= 15 is 0 Å². The minimum absolute atomic E-state index is 0.103. The van der Waals surface area contributed by atoms with Crippen molar-refractivity contribution in [3.8, 4) is 0 Å². The summed E-state index contributed by atoms with van der Waals surface area (Å²) in [5.74, 6) is 2.30. The van der Waals surface area contributed by atoms with Gasteiger partial charge in [0, 0.05) is 30.2 Å². The van der Waals surface area contributed by atoms with Crippen LogP contribution in [0.15, 0.2) is 27.6 Å². The molecular formula is C21H29BrN2O3S. The smallest absolute Gasteiger partial charge is 0.251 e. The van der Waals surface area contributed by atoms with Gasteiger partial charge in [0.1, 0.15) is 0 Å². The largest absolute Gasteiger partial charge is 0.349 e. The minimum Gasteiger partial charge on any atom is -0.349 e. The van der Waals surface area contributed by atoms with E-state index in [-0.39, 0.29) is 22.3 Å². The normalized spacial score (nSPS) is 32.5. The summed E-state index contributed by atoms with van der Waals surface area (Å²) < 4.78 is 26.7. The molecule has 4 saturated carbocycles. The van der Waals surface area contributed by atoms with Gasteiger partial charge in [-0.2, -0.15) is 0 Å². The van der Waals surface area contributed by atoms with Crippen LogP contribution in [-0.2, 0) is 10.0 Å². The highest BCUT2D eigenvalue weighted by atomic mass is 79.9. The average molecular weight is 469 g/mol. The van der Waals surface area contributed by atoms with E-state index in [1.165, 1.54) is 58.7 Å². The number of hydrogen-bond donors (Lipinski definition) is 1. The zero-order valence-electron chi connectivity index (χ0n) is 16.7. The molecule has 4 fully saturated rings. The Bertz CT molecular complexity index is 862. The Morgan fingerprint density at radius 2 is 1.68 bits per heavy atom. The predicted octanol–water partition coefficient (Wildman–Crippen LogP) is 4.03. The van der Waals surface area contributed by atoms with Crippen LogP contribution >= 0.6 is 15.9 Å². The molecule has 1 N–H and O–H groups in total. The molecule has 0 aromatic heterocycles. The topological polar surface area (TPSA) is 66.5 Å². The zero-order chi connectivity index (χ0) is 20.3. The molecule has 1 aromatic rings. The summed E-state index contributed by atoms with van der Waals surface area (Å²) in [5.41, 5.74) is 0.610. The second-order valence-corrected chi connectivity index (χ2v) is 12.4. The molecule has 4 aliphatic carbocycles. The van der Waals surface area contributed by atoms with Gasteiger partial charge in [-0.3, -0.25) is 4.79 Å². The Labute approximate surface area is 176 Å². The van der Waals surface area contributed by atoms with Crippen molar-refractivity contribution in [1.29, 1.82) is 0 Å². The number of halogens is 1. The number of sulfonamides is 1. The molecule has 7 heteroatoms. The van der Waals surface area contributed by atoms with Crippen molar-refractivity contribution in [2.75, 3.05) is 14.1 Å². The molecule has 0 radical (unpaired) electrons. The van der Waals surface area contributed by atoms with Crippen molar-refractivity contribution >= 4 is 31.9 Å². The zero-order valence-corrected chi connectivity index (χ0v) is 19.1. The van der Waals surface area contributed by atoms with E-state index < -0.39 is 10.0 Å². The molecule has 1 atom stereocenters. The maximum absolute atomic E-state index is 13.0. The summed E-state index contributed by atoms with van der Waals surface area (Å²) in [5, 5.41) is 3.22. The number of amides is 1. The molecule has 1 aromatic carbocycles. The van der Waals surface area contributed by atoms with Gasteiger partial charge in [0.05, 0.1) is 4.90 Å². The first kappa shape index (κ1) is 20.4. The lowest BCUT2D eigenvalue weighted by Gasteiger charge is -2.59. The molecule has 0 heterocycles. The monoisotopic (exact) mass is 468 g/mol. The molecule has 5 nitrogen and oxygen atoms in total. The highest BCUT2D eigenvalue weighted by Gasteiger charge is 2.53. The Balaban J connectivity index is 1.54. The summed E-state index contributed by atoms with van der Waals surface area (Å²) in [4.78, 5) is 13.1. The van der Waals surface area contributed by atoms with Crippen LogP contribution in [0.2, 0.25) is 0 Å². The fourth-order valence-corrected chi connectivity index (χ4v) is 8.02. The highest BCUT2D eigenvalue weighted by Crippen LogP contribution is 2.61. The van der Waals surface area contributed by atoms with E-state index in [1.54, 1.807) is 12.1 Å². The Hall–Kier alpha value is -0.920. The van der Waals surface area contributed by atoms with Crippen LogP contribution in [0.25, 0.3) is 0 Å². The minimum atomic E-state index is -3.62. The molecule has 5 rings (SSSR count). The van der Waals surface area contributed by atoms with Crippen LogP contribution in [0.4, 0.5) is 0 Å². The maximum atomic E-state index is 13.0. The second kappa shape index (κ2) is 7.10. The van der Waals surface area contributed by atoms with Gasteiger partial charge >= 0.3 is 0 Å². The van der Waals surface area contributed by atoms with E-state index in [0.29, 0.717) is 10.0 Å². The van der Waals surface area contributed by atoms with Gasteiger partial charge < -0.3 is 5.32 Å². The van der Waals surface area contributed by atoms with Crippen molar-refractivity contribution in [3.05, 3.63) is 28.2 Å². The molecule has 0 unspecified atom stereocenters. The number of carbonyl (C=O) groups excluding carboxylic acids is 1. The summed E-state index contributed by atoms with van der Waals surface area (Å²) in [6, 6.07) is 4.90. The molecule has 0 spiro atoms. The Morgan fingerprint density at radius 1 is 1.14 bits per heavy atom. The lowest BCUT2D eigenvalue weighted by atomic mass is 9.48. The van der Waals surface area contributed by atoms with Crippen LogP contribution < -0.4 is 5.32 Å². The van der Waals surface area contributed by atoms with Gasteiger partial charge in [-0.05, 0) is 103 Å². The second-order valence-electron chi connectivity index (χ2n) is 9.41. The highest BCUT2D eigenvalue weighted by molar-refractivity contribution is 9.10. The molecule has 154 valence electrons. The number of carbonyl (C=O) groups is 1. The number of benzene rings is 1. The molecule has 0 aliphatic heterocycles. The quantitative estimate of drug-likeness (QED) is 0.708. The van der Waals surface area contributed by atoms with Crippen LogP contribution in [-0.4, -0.2) is 38.8 Å². The lowest BCUT2D eigenvalue weighted by Crippen LogP contribution is -2.55. The van der Waals surface area contributed by atoms with Gasteiger partial charge in [0.2, 0.25) is 10.0 Å². The van der Waals surface area contributed by atoms with Crippen molar-refractivity contribution in [1.82, 2.24) is 9.62 Å². The van der Waals surface area contributed by atoms with Gasteiger partial charge in [-0.1, -0.05) is 0 Å². The van der Waals surface area contributed by atoms with Gasteiger partial charge in [-0.15, -0.1) is 0 Å². The van der Waals surface area contributed by atoms with Crippen molar-refractivity contribution in [3.63, 3.8) is 0 Å². The number of nitrogens with zero attached hydrogens (tertiary/aromatic N) is 1. The van der Waals surface area contributed by atoms with Crippen LogP contribution in [0.1, 0.15) is 55.8 Å². The number of nitrogens with one attached hydrogen (secondary N) is 1.